The van der Waals surface area contributed by atoms with Gasteiger partial charge in [0, 0.05) is 17.5 Å². The van der Waals surface area contributed by atoms with Crippen molar-refractivity contribution in [2.24, 2.45) is 0 Å². The first kappa shape index (κ1) is 40.6. The van der Waals surface area contributed by atoms with Crippen LogP contribution in [0.3, 0.4) is 0 Å². The first-order valence-corrected chi connectivity index (χ1v) is 10.4. The van der Waals surface area contributed by atoms with E-state index in [0.29, 0.717) is 12.8 Å². The number of hydrogen-bond acceptors (Lipinski definition) is 9. The fraction of sp³-hybridized carbons (Fsp3) is 0.917. The van der Waals surface area contributed by atoms with Gasteiger partial charge in [0.25, 0.3) is 0 Å². The van der Waals surface area contributed by atoms with E-state index < -0.39 is 43.8 Å². The third-order valence-electron chi connectivity index (χ3n) is 3.28. The molecule has 0 aromatic heterocycles. The van der Waals surface area contributed by atoms with Gasteiger partial charge in [-0.2, -0.15) is 0 Å². The van der Waals surface area contributed by atoms with Crippen LogP contribution in [-0.2, 0) is 25.0 Å². The van der Waals surface area contributed by atoms with Crippen molar-refractivity contribution in [3.8, 4) is 0 Å². The fourth-order valence-corrected chi connectivity index (χ4v) is 3.30. The Labute approximate surface area is 250 Å². The standard InChI is InChI=1S/C12H25NO8S2.4Na/c1-2-11(12(14)15)13(7-3-5-9-22(16,17)18)8-4-6-10-23(19,20)21;;;;/h11H,2-10H2,1H3,(H,14,15)(H,16,17,18)(H,19,20,21);;;;/q;4*+1/p-3/t11-;;;;/m0..../s1. The summed E-state index contributed by atoms with van der Waals surface area (Å²) in [4.78, 5) is 12.7. The van der Waals surface area contributed by atoms with E-state index in [4.69, 9.17) is 0 Å². The molecule has 0 aromatic rings. The van der Waals surface area contributed by atoms with E-state index in [-0.39, 0.29) is 151 Å². The Kier molecular flexibility index (Phi) is 31.7. The van der Waals surface area contributed by atoms with Gasteiger partial charge in [-0.3, -0.25) is 4.90 Å². The van der Waals surface area contributed by atoms with Crippen LogP contribution in [-0.4, -0.2) is 67.4 Å². The van der Waals surface area contributed by atoms with Gasteiger partial charge in [-0.1, -0.05) is 6.92 Å². The minimum absolute atomic E-state index is 0. The summed E-state index contributed by atoms with van der Waals surface area (Å²) in [5.41, 5.74) is 0. The molecule has 9 nitrogen and oxygen atoms in total. The number of carboxylic acid groups (broad SMARTS) is 1. The molecule has 0 saturated heterocycles. The van der Waals surface area contributed by atoms with Crippen molar-refractivity contribution in [1.82, 2.24) is 4.90 Å². The molecule has 0 heterocycles. The second-order valence-corrected chi connectivity index (χ2v) is 8.26. The quantitative estimate of drug-likeness (QED) is 0.147. The van der Waals surface area contributed by atoms with Gasteiger partial charge < -0.3 is 19.0 Å². The molecule has 0 radical (unpaired) electrons. The maximum absolute atomic E-state index is 11.1. The summed E-state index contributed by atoms with van der Waals surface area (Å²) in [6.45, 7) is 2.13. The van der Waals surface area contributed by atoms with Crippen molar-refractivity contribution in [2.75, 3.05) is 24.6 Å². The zero-order chi connectivity index (χ0) is 18.1. The van der Waals surface area contributed by atoms with Crippen LogP contribution in [0.5, 0.6) is 0 Å². The molecule has 138 valence electrons. The summed E-state index contributed by atoms with van der Waals surface area (Å²) < 4.78 is 63.1. The number of hydrogen-bond donors (Lipinski definition) is 0. The summed E-state index contributed by atoms with van der Waals surface area (Å²) in [5, 5.41) is 11.1. The van der Waals surface area contributed by atoms with Gasteiger partial charge in [0.1, 0.15) is 0 Å². The molecule has 0 saturated carbocycles. The maximum atomic E-state index is 11.1. The first-order valence-electron chi connectivity index (χ1n) is 7.28. The molecular weight excluding hydrogens is 442 g/mol. The van der Waals surface area contributed by atoms with Crippen LogP contribution in [0.15, 0.2) is 0 Å². The average molecular weight is 464 g/mol. The van der Waals surface area contributed by atoms with E-state index in [0.717, 1.165) is 0 Å². The molecule has 0 N–H and O–H groups in total. The van der Waals surface area contributed by atoms with Crippen LogP contribution in [0.4, 0.5) is 0 Å². The third kappa shape index (κ3) is 25.4. The Balaban J connectivity index is -0.000000403. The van der Waals surface area contributed by atoms with E-state index in [2.05, 4.69) is 0 Å². The van der Waals surface area contributed by atoms with Gasteiger partial charge in [-0.15, -0.1) is 0 Å². The van der Waals surface area contributed by atoms with Crippen molar-refractivity contribution in [1.29, 1.82) is 0 Å². The Morgan fingerprint density at radius 1 is 0.815 bits per heavy atom. The molecule has 0 rings (SSSR count). The van der Waals surface area contributed by atoms with Gasteiger partial charge >= 0.3 is 118 Å². The van der Waals surface area contributed by atoms with Crippen molar-refractivity contribution >= 4 is 26.2 Å². The Morgan fingerprint density at radius 3 is 1.37 bits per heavy atom. The Hall–Kier alpha value is 3.25. The summed E-state index contributed by atoms with van der Waals surface area (Å²) in [6, 6.07) is -0.886. The largest absolute Gasteiger partial charge is 1.00 e. The summed E-state index contributed by atoms with van der Waals surface area (Å²) in [5.74, 6) is -2.31. The van der Waals surface area contributed by atoms with Gasteiger partial charge in [0.2, 0.25) is 0 Å². The number of carboxylic acids is 1. The molecule has 0 fully saturated rings. The van der Waals surface area contributed by atoms with E-state index in [1.54, 1.807) is 11.8 Å². The van der Waals surface area contributed by atoms with Crippen molar-refractivity contribution in [3.63, 3.8) is 0 Å². The summed E-state index contributed by atoms with van der Waals surface area (Å²) >= 11 is 0. The zero-order valence-corrected chi connectivity index (χ0v) is 26.6. The average Bonchev–Trinajstić information content (AvgIpc) is 2.36. The molecule has 0 aliphatic heterocycles. The smallest absolute Gasteiger partial charge is 0.748 e. The minimum atomic E-state index is -4.30. The maximum Gasteiger partial charge on any atom is 1.00 e. The second kappa shape index (κ2) is 21.1. The molecule has 15 heteroatoms. The normalized spacial score (nSPS) is 12.0. The number of carbonyl (C=O) groups is 1. The Bertz CT molecular complexity index is 534. The van der Waals surface area contributed by atoms with Crippen LogP contribution < -0.4 is 123 Å². The monoisotopic (exact) mass is 464 g/mol. The molecule has 27 heavy (non-hydrogen) atoms. The van der Waals surface area contributed by atoms with Crippen LogP contribution in [0.1, 0.15) is 39.0 Å². The molecule has 0 aliphatic rings. The van der Waals surface area contributed by atoms with Gasteiger partial charge in [0.15, 0.2) is 0 Å². The SMILES string of the molecule is CC[C@@H](C(=O)[O-])N(CCCCS(=O)(=O)[O-])CCCCS(=O)(=O)[O-].[Na+].[Na+].[Na+].[Na+]. The molecule has 0 unspecified atom stereocenters. The number of nitrogens with zero attached hydrogens (tertiary/aromatic N) is 1. The van der Waals surface area contributed by atoms with Crippen LogP contribution in [0, 0.1) is 0 Å². The number of rotatable bonds is 13. The summed E-state index contributed by atoms with van der Waals surface area (Å²) in [7, 11) is -8.60. The second-order valence-electron chi connectivity index (χ2n) is 5.22. The van der Waals surface area contributed by atoms with E-state index in [1.165, 1.54) is 0 Å². The zero-order valence-electron chi connectivity index (χ0n) is 17.0. The molecule has 1 atom stereocenters. The molecule has 0 aromatic carbocycles. The molecular formula is C12H22NNa4O8S2+. The van der Waals surface area contributed by atoms with E-state index in [1.807, 2.05) is 0 Å². The van der Waals surface area contributed by atoms with Crippen LogP contribution in [0.2, 0.25) is 0 Å². The molecule has 0 spiro atoms. The number of unbranched alkanes of at least 4 members (excludes halogenated alkanes) is 2. The predicted octanol–water partition coefficient (Wildman–Crippen LogP) is -13.5. The first-order chi connectivity index (χ1) is 10.5. The number of carbonyl (C=O) groups excluding carboxylic acids is 1. The van der Waals surface area contributed by atoms with E-state index in [9.17, 15) is 35.8 Å². The van der Waals surface area contributed by atoms with Crippen molar-refractivity contribution in [2.45, 2.75) is 45.1 Å². The van der Waals surface area contributed by atoms with Crippen LogP contribution in [0.25, 0.3) is 0 Å². The fourth-order valence-electron chi connectivity index (χ4n) is 2.18. The van der Waals surface area contributed by atoms with E-state index >= 15 is 0 Å². The minimum Gasteiger partial charge on any atom is -0.748 e. The van der Waals surface area contributed by atoms with Crippen molar-refractivity contribution in [3.05, 3.63) is 0 Å². The number of aliphatic carboxylic acids is 1. The van der Waals surface area contributed by atoms with Gasteiger partial charge in [0.05, 0.1) is 26.2 Å². The van der Waals surface area contributed by atoms with Crippen LogP contribution >= 0.6 is 0 Å². The predicted molar refractivity (Wildman–Crippen MR) is 78.3 cm³/mol. The molecule has 0 bridgehead atoms. The Morgan fingerprint density at radius 2 is 1.15 bits per heavy atom. The molecule has 0 aliphatic carbocycles. The van der Waals surface area contributed by atoms with Gasteiger partial charge in [-0.25, -0.2) is 16.8 Å². The van der Waals surface area contributed by atoms with Gasteiger partial charge in [-0.05, 0) is 45.2 Å². The molecule has 0 amide bonds. The van der Waals surface area contributed by atoms with Crippen molar-refractivity contribution < 1.29 is 154 Å². The topological polar surface area (TPSA) is 158 Å². The third-order valence-corrected chi connectivity index (χ3v) is 4.86. The summed E-state index contributed by atoms with van der Waals surface area (Å²) in [6.07, 6.45) is 1.11.